The number of rotatable bonds is 69. The van der Waals surface area contributed by atoms with Crippen LogP contribution < -0.4 is 5.32 Å². The fraction of sp³-hybridized carbons (Fsp3) is 0.833. The molecule has 0 heterocycles. The summed E-state index contributed by atoms with van der Waals surface area (Å²) >= 11 is 0. The lowest BCUT2D eigenvalue weighted by atomic mass is 10.0. The van der Waals surface area contributed by atoms with Crippen molar-refractivity contribution in [1.82, 2.24) is 5.32 Å². The number of carbonyl (C=O) groups excluding carboxylic acids is 1. The van der Waals surface area contributed by atoms with E-state index in [-0.39, 0.29) is 12.5 Å². The van der Waals surface area contributed by atoms with E-state index in [0.29, 0.717) is 6.42 Å². The summed E-state index contributed by atoms with van der Waals surface area (Å²) < 4.78 is 0. The lowest BCUT2D eigenvalue weighted by molar-refractivity contribution is -0.123. The molecule has 82 heavy (non-hydrogen) atoms. The Balaban J connectivity index is 3.43. The molecule has 0 aliphatic rings. The highest BCUT2D eigenvalue weighted by Crippen LogP contribution is 2.19. The predicted octanol–water partition coefficient (Wildman–Crippen LogP) is 25.6. The molecule has 0 aliphatic carbocycles. The second-order valence-electron chi connectivity index (χ2n) is 25.3. The van der Waals surface area contributed by atoms with E-state index in [1.807, 2.05) is 6.08 Å². The maximum Gasteiger partial charge on any atom is 0.220 e. The van der Waals surface area contributed by atoms with Crippen LogP contribution in [0.4, 0.5) is 0 Å². The minimum absolute atomic E-state index is 0.0664. The van der Waals surface area contributed by atoms with Gasteiger partial charge in [-0.15, -0.1) is 0 Å². The molecule has 4 heteroatoms. The number of allylic oxidation sites excluding steroid dienone is 11. The van der Waals surface area contributed by atoms with Gasteiger partial charge in [0.1, 0.15) is 0 Å². The third kappa shape index (κ3) is 68.6. The van der Waals surface area contributed by atoms with Gasteiger partial charge in [0.25, 0.3) is 0 Å². The zero-order chi connectivity index (χ0) is 59.1. The summed E-state index contributed by atoms with van der Waals surface area (Å²) in [6.45, 7) is 4.23. The van der Waals surface area contributed by atoms with E-state index in [2.05, 4.69) is 79.9 Å². The minimum atomic E-state index is -0.865. The van der Waals surface area contributed by atoms with Crippen molar-refractivity contribution in [2.75, 3.05) is 6.61 Å². The number of aliphatic hydroxyl groups excluding tert-OH is 2. The molecule has 0 spiro atoms. The summed E-state index contributed by atoms with van der Waals surface area (Å²) in [5.74, 6) is -0.0664. The van der Waals surface area contributed by atoms with Gasteiger partial charge in [-0.1, -0.05) is 395 Å². The van der Waals surface area contributed by atoms with Crippen LogP contribution in [0.3, 0.4) is 0 Å². The fourth-order valence-electron chi connectivity index (χ4n) is 11.6. The van der Waals surface area contributed by atoms with Crippen LogP contribution in [0.15, 0.2) is 72.9 Å². The number of amides is 1. The summed E-state index contributed by atoms with van der Waals surface area (Å²) in [4.78, 5) is 12.6. The topological polar surface area (TPSA) is 69.6 Å². The van der Waals surface area contributed by atoms with Crippen LogP contribution in [0.5, 0.6) is 0 Å². The molecule has 1 amide bonds. The van der Waals surface area contributed by atoms with Gasteiger partial charge in [0, 0.05) is 6.42 Å². The van der Waals surface area contributed by atoms with Gasteiger partial charge in [0.15, 0.2) is 0 Å². The highest BCUT2D eigenvalue weighted by molar-refractivity contribution is 5.76. The molecule has 0 aromatic heterocycles. The van der Waals surface area contributed by atoms with Crippen molar-refractivity contribution in [1.29, 1.82) is 0 Å². The number of hydrogen-bond acceptors (Lipinski definition) is 3. The van der Waals surface area contributed by atoms with Crippen LogP contribution in [0.1, 0.15) is 399 Å². The van der Waals surface area contributed by atoms with Gasteiger partial charge in [-0.05, 0) is 70.6 Å². The molecule has 0 saturated carbocycles. The third-order valence-electron chi connectivity index (χ3n) is 17.2. The van der Waals surface area contributed by atoms with E-state index in [1.54, 1.807) is 6.08 Å². The molecular weight excluding hydrogens is 999 g/mol. The van der Waals surface area contributed by atoms with Crippen molar-refractivity contribution < 1.29 is 15.0 Å². The van der Waals surface area contributed by atoms with E-state index in [0.717, 1.165) is 57.8 Å². The average Bonchev–Trinajstić information content (AvgIpc) is 3.50. The van der Waals surface area contributed by atoms with E-state index < -0.39 is 12.1 Å². The van der Waals surface area contributed by atoms with Crippen molar-refractivity contribution in [3.05, 3.63) is 72.9 Å². The molecule has 2 atom stereocenters. The number of hydrogen-bond donors (Lipinski definition) is 3. The number of nitrogens with one attached hydrogen (secondary N) is 1. The summed E-state index contributed by atoms with van der Waals surface area (Å²) in [7, 11) is 0. The summed E-state index contributed by atoms with van der Waals surface area (Å²) in [6.07, 6.45) is 106. The Bertz CT molecular complexity index is 1390. The Morgan fingerprint density at radius 1 is 0.305 bits per heavy atom. The van der Waals surface area contributed by atoms with E-state index in [9.17, 15) is 15.0 Å². The Morgan fingerprint density at radius 2 is 0.549 bits per heavy atom. The zero-order valence-electron chi connectivity index (χ0n) is 55.5. The molecule has 0 aliphatic heterocycles. The number of carbonyl (C=O) groups is 1. The molecule has 480 valence electrons. The van der Waals surface area contributed by atoms with Crippen molar-refractivity contribution in [3.8, 4) is 0 Å². The highest BCUT2D eigenvalue weighted by atomic mass is 16.3. The molecule has 0 aromatic carbocycles. The van der Waals surface area contributed by atoms with Crippen LogP contribution in [-0.4, -0.2) is 34.9 Å². The molecule has 0 saturated heterocycles. The molecule has 3 N–H and O–H groups in total. The molecule has 0 aromatic rings. The number of aliphatic hydroxyl groups is 2. The smallest absolute Gasteiger partial charge is 0.220 e. The summed E-state index contributed by atoms with van der Waals surface area (Å²) in [6, 6.07) is -0.641. The quantitative estimate of drug-likeness (QED) is 0.0420. The van der Waals surface area contributed by atoms with Crippen LogP contribution in [0.2, 0.25) is 0 Å². The maximum atomic E-state index is 12.6. The Hall–Kier alpha value is -2.17. The SMILES string of the molecule is CC/C=C\C/C=C\C/C=C\C/C=C\CCCCCCCCCCCCCCCCCCCCCCCCCCCCC(=O)NC(CO)C(O)/C=C/CC/C=C/CCCCCCCCCCCCCCCCCCCCCCCCCCC. The molecule has 0 bridgehead atoms. The van der Waals surface area contributed by atoms with Gasteiger partial charge in [0.2, 0.25) is 5.91 Å². The van der Waals surface area contributed by atoms with E-state index in [4.69, 9.17) is 0 Å². The van der Waals surface area contributed by atoms with Crippen molar-refractivity contribution >= 4 is 5.91 Å². The van der Waals surface area contributed by atoms with Gasteiger partial charge in [0.05, 0.1) is 18.8 Å². The largest absolute Gasteiger partial charge is 0.394 e. The van der Waals surface area contributed by atoms with Gasteiger partial charge in [-0.25, -0.2) is 0 Å². The third-order valence-corrected chi connectivity index (χ3v) is 17.2. The number of unbranched alkanes of at least 4 members (excludes halogenated alkanes) is 52. The fourth-order valence-corrected chi connectivity index (χ4v) is 11.6. The van der Waals surface area contributed by atoms with Gasteiger partial charge in [-0.3, -0.25) is 4.79 Å². The van der Waals surface area contributed by atoms with Crippen molar-refractivity contribution in [2.24, 2.45) is 0 Å². The van der Waals surface area contributed by atoms with Crippen LogP contribution in [-0.2, 0) is 4.79 Å². The monoisotopic (exact) mass is 1140 g/mol. The average molecular weight is 1150 g/mol. The van der Waals surface area contributed by atoms with Crippen molar-refractivity contribution in [3.63, 3.8) is 0 Å². The van der Waals surface area contributed by atoms with Crippen molar-refractivity contribution in [2.45, 2.75) is 411 Å². The Morgan fingerprint density at radius 3 is 0.854 bits per heavy atom. The predicted molar refractivity (Wildman–Crippen MR) is 368 cm³/mol. The summed E-state index contributed by atoms with van der Waals surface area (Å²) in [5, 5.41) is 23.3. The van der Waals surface area contributed by atoms with Crippen LogP contribution in [0, 0.1) is 0 Å². The standard InChI is InChI=1S/C78H145NO3/c1-3-5-7-9-11-13-15-17-19-21-23-25-27-29-31-33-35-36-37-38-39-40-41-42-44-46-48-50-52-54-56-58-60-62-64-66-68-70-72-74-78(82)79-76(75-80)77(81)73-71-69-67-65-63-61-59-57-55-53-51-49-47-45-43-34-32-30-28-26-24-22-20-18-16-14-12-10-8-6-4-2/h5,7,11,13,17,19,23,25,63,65,71,73,76-77,80-81H,3-4,6,8-10,12,14-16,18,20-22,24,26-62,64,66-70,72,74-75H2,1-2H3,(H,79,82)/b7-5-,13-11-,19-17-,25-23-,65-63+,73-71+. The van der Waals surface area contributed by atoms with Gasteiger partial charge in [-0.2, -0.15) is 0 Å². The molecular formula is C78H145NO3. The maximum absolute atomic E-state index is 12.6. The molecule has 2 unspecified atom stereocenters. The normalized spacial score (nSPS) is 13.1. The Labute approximate surface area is 514 Å². The lowest BCUT2D eigenvalue weighted by Crippen LogP contribution is -2.45. The van der Waals surface area contributed by atoms with Gasteiger partial charge >= 0.3 is 0 Å². The van der Waals surface area contributed by atoms with Crippen LogP contribution in [0.25, 0.3) is 0 Å². The first-order chi connectivity index (χ1) is 40.7. The first-order valence-electron chi connectivity index (χ1n) is 37.2. The second kappa shape index (κ2) is 73.1. The van der Waals surface area contributed by atoms with Crippen LogP contribution >= 0.6 is 0 Å². The molecule has 0 radical (unpaired) electrons. The highest BCUT2D eigenvalue weighted by Gasteiger charge is 2.18. The first kappa shape index (κ1) is 79.8. The van der Waals surface area contributed by atoms with Gasteiger partial charge < -0.3 is 15.5 Å². The zero-order valence-corrected chi connectivity index (χ0v) is 55.5. The Kier molecular flexibility index (Phi) is 71.2. The second-order valence-corrected chi connectivity index (χ2v) is 25.3. The van der Waals surface area contributed by atoms with E-state index in [1.165, 1.54) is 321 Å². The first-order valence-corrected chi connectivity index (χ1v) is 37.2. The lowest BCUT2D eigenvalue weighted by Gasteiger charge is -2.19. The minimum Gasteiger partial charge on any atom is -0.394 e. The summed E-state index contributed by atoms with van der Waals surface area (Å²) in [5.41, 5.74) is 0. The van der Waals surface area contributed by atoms with E-state index >= 15 is 0 Å². The molecule has 0 rings (SSSR count). The molecule has 4 nitrogen and oxygen atoms in total. The molecule has 0 fully saturated rings.